The minimum Gasteiger partial charge on any atom is -0.479 e. The van der Waals surface area contributed by atoms with Crippen molar-refractivity contribution in [1.82, 2.24) is 9.97 Å². The predicted octanol–water partition coefficient (Wildman–Crippen LogP) is 0.467. The summed E-state index contributed by atoms with van der Waals surface area (Å²) in [6.07, 6.45) is 1.35. The topological polar surface area (TPSA) is 65.5 Å². The van der Waals surface area contributed by atoms with Crippen LogP contribution in [0.1, 0.15) is 0 Å². The normalized spacial score (nSPS) is 9.46. The molecule has 1 rings (SSSR count). The van der Waals surface area contributed by atoms with E-state index in [2.05, 4.69) is 15.4 Å². The molecule has 6 nitrogen and oxygen atoms in total. The molecule has 1 aromatic rings. The van der Waals surface area contributed by atoms with Crippen molar-refractivity contribution >= 4 is 5.69 Å². The Labute approximate surface area is 75.8 Å². The number of anilines is 1. The monoisotopic (exact) mass is 185 g/mol. The van der Waals surface area contributed by atoms with Gasteiger partial charge in [-0.1, -0.05) is 0 Å². The Morgan fingerprint density at radius 3 is 2.00 bits per heavy atom. The van der Waals surface area contributed by atoms with E-state index in [9.17, 15) is 0 Å². The smallest absolute Gasteiger partial charge is 0.246 e. The van der Waals surface area contributed by atoms with Gasteiger partial charge in [0, 0.05) is 0 Å². The van der Waals surface area contributed by atoms with E-state index in [1.54, 1.807) is 0 Å². The molecule has 0 aromatic carbocycles. The van der Waals surface area contributed by atoms with E-state index in [1.807, 2.05) is 0 Å². The molecule has 1 aromatic heterocycles. The van der Waals surface area contributed by atoms with E-state index < -0.39 is 0 Å². The Bertz CT molecular complexity index is 257. The molecule has 0 bridgehead atoms. The van der Waals surface area contributed by atoms with E-state index in [0.717, 1.165) is 0 Å². The van der Waals surface area contributed by atoms with Crippen LogP contribution in [0.15, 0.2) is 6.33 Å². The van der Waals surface area contributed by atoms with Gasteiger partial charge >= 0.3 is 0 Å². The first kappa shape index (κ1) is 9.53. The second kappa shape index (κ2) is 4.46. The van der Waals surface area contributed by atoms with E-state index in [1.165, 1.54) is 27.7 Å². The molecular weight excluding hydrogens is 174 g/mol. The van der Waals surface area contributed by atoms with Gasteiger partial charge in [0.1, 0.15) is 6.33 Å². The van der Waals surface area contributed by atoms with Gasteiger partial charge < -0.3 is 9.47 Å². The summed E-state index contributed by atoms with van der Waals surface area (Å²) in [5.74, 6) is 0.738. The first-order valence-electron chi connectivity index (χ1n) is 3.55. The number of hydrogen-bond acceptors (Lipinski definition) is 6. The number of hydrogen-bond donors (Lipinski definition) is 1. The highest BCUT2D eigenvalue weighted by Crippen LogP contribution is 2.29. The van der Waals surface area contributed by atoms with Crippen molar-refractivity contribution in [2.75, 3.05) is 26.8 Å². The number of methoxy groups -OCH3 is 2. The highest BCUT2D eigenvalue weighted by molar-refractivity contribution is 5.58. The van der Waals surface area contributed by atoms with Crippen LogP contribution in [0.2, 0.25) is 0 Å². The quantitative estimate of drug-likeness (QED) is 0.688. The minimum absolute atomic E-state index is 0.369. The maximum Gasteiger partial charge on any atom is 0.246 e. The van der Waals surface area contributed by atoms with Gasteiger partial charge in [-0.2, -0.15) is 9.97 Å². The molecule has 1 N–H and O–H groups in total. The lowest BCUT2D eigenvalue weighted by Gasteiger charge is -2.10. The largest absolute Gasteiger partial charge is 0.479 e. The molecule has 0 aliphatic carbocycles. The first-order chi connectivity index (χ1) is 6.33. The van der Waals surface area contributed by atoms with Crippen molar-refractivity contribution < 1.29 is 14.3 Å². The lowest BCUT2D eigenvalue weighted by molar-refractivity contribution is 0.262. The molecule has 72 valence electrons. The molecule has 6 heteroatoms. The number of ether oxygens (including phenoxy) is 2. The van der Waals surface area contributed by atoms with Crippen LogP contribution < -0.4 is 15.0 Å². The van der Waals surface area contributed by atoms with Crippen LogP contribution in [-0.4, -0.2) is 31.3 Å². The molecule has 1 heterocycles. The number of nitrogens with one attached hydrogen (secondary N) is 1. The Hall–Kier alpha value is -1.56. The van der Waals surface area contributed by atoms with Crippen molar-refractivity contribution in [3.63, 3.8) is 0 Å². The Morgan fingerprint density at radius 2 is 1.62 bits per heavy atom. The average molecular weight is 185 g/mol. The van der Waals surface area contributed by atoms with Gasteiger partial charge in [0.05, 0.1) is 21.3 Å². The van der Waals surface area contributed by atoms with Crippen molar-refractivity contribution in [2.45, 2.75) is 0 Å². The average Bonchev–Trinajstić information content (AvgIpc) is 2.18. The molecule has 0 spiro atoms. The SMILES string of the molecule is CONc1c(OC)ncnc1OC. The Kier molecular flexibility index (Phi) is 3.27. The molecule has 0 amide bonds. The lowest BCUT2D eigenvalue weighted by Crippen LogP contribution is -2.04. The van der Waals surface area contributed by atoms with E-state index in [-0.39, 0.29) is 0 Å². The van der Waals surface area contributed by atoms with Gasteiger partial charge in [-0.15, -0.1) is 0 Å². The summed E-state index contributed by atoms with van der Waals surface area (Å²) >= 11 is 0. The molecule has 0 atom stereocenters. The summed E-state index contributed by atoms with van der Waals surface area (Å²) in [6, 6.07) is 0. The minimum atomic E-state index is 0.369. The third-order valence-corrected chi connectivity index (χ3v) is 1.37. The number of nitrogens with zero attached hydrogens (tertiary/aromatic N) is 2. The molecule has 0 aliphatic rings. The fourth-order valence-corrected chi connectivity index (χ4v) is 0.853. The zero-order valence-corrected chi connectivity index (χ0v) is 7.70. The first-order valence-corrected chi connectivity index (χ1v) is 3.55. The molecule has 0 aliphatic heterocycles. The molecule has 0 radical (unpaired) electrons. The number of rotatable bonds is 4. The molecule has 0 unspecified atom stereocenters. The zero-order valence-electron chi connectivity index (χ0n) is 7.70. The molecule has 13 heavy (non-hydrogen) atoms. The van der Waals surface area contributed by atoms with Crippen LogP contribution in [0.25, 0.3) is 0 Å². The third-order valence-electron chi connectivity index (χ3n) is 1.37. The van der Waals surface area contributed by atoms with E-state index >= 15 is 0 Å². The third kappa shape index (κ3) is 1.97. The van der Waals surface area contributed by atoms with Crippen molar-refractivity contribution in [3.8, 4) is 11.8 Å². The summed E-state index contributed by atoms with van der Waals surface area (Å²) in [7, 11) is 4.48. The van der Waals surface area contributed by atoms with Crippen LogP contribution in [0.4, 0.5) is 5.69 Å². The second-order valence-corrected chi connectivity index (χ2v) is 2.07. The fraction of sp³-hybridized carbons (Fsp3) is 0.429. The molecule has 0 fully saturated rings. The van der Waals surface area contributed by atoms with Gasteiger partial charge in [0.15, 0.2) is 5.69 Å². The van der Waals surface area contributed by atoms with Crippen molar-refractivity contribution in [2.24, 2.45) is 0 Å². The van der Waals surface area contributed by atoms with Gasteiger partial charge in [0.25, 0.3) is 0 Å². The number of aromatic nitrogens is 2. The van der Waals surface area contributed by atoms with Crippen molar-refractivity contribution in [3.05, 3.63) is 6.33 Å². The van der Waals surface area contributed by atoms with Crippen LogP contribution >= 0.6 is 0 Å². The molecule has 0 saturated heterocycles. The maximum absolute atomic E-state index is 4.97. The summed E-state index contributed by atoms with van der Waals surface area (Å²) in [5, 5.41) is 0. The summed E-state index contributed by atoms with van der Waals surface area (Å²) in [4.78, 5) is 12.5. The summed E-state index contributed by atoms with van der Waals surface area (Å²) in [5.41, 5.74) is 3.04. The molecular formula is C7H11N3O3. The Balaban J connectivity index is 3.05. The van der Waals surface area contributed by atoms with E-state index in [0.29, 0.717) is 17.4 Å². The lowest BCUT2D eigenvalue weighted by atomic mass is 10.5. The summed E-state index contributed by atoms with van der Waals surface area (Å²) < 4.78 is 9.93. The van der Waals surface area contributed by atoms with Gasteiger partial charge in [-0.25, -0.2) is 0 Å². The molecule has 0 saturated carbocycles. The van der Waals surface area contributed by atoms with Crippen LogP contribution in [0.3, 0.4) is 0 Å². The standard InChI is InChI=1S/C7H11N3O3/c1-11-6-5(10-13-3)7(12-2)9-4-8-6/h4,10H,1-3H3. The van der Waals surface area contributed by atoms with Crippen molar-refractivity contribution in [1.29, 1.82) is 0 Å². The van der Waals surface area contributed by atoms with Crippen LogP contribution in [0, 0.1) is 0 Å². The zero-order chi connectivity index (χ0) is 9.68. The predicted molar refractivity (Wildman–Crippen MR) is 45.8 cm³/mol. The van der Waals surface area contributed by atoms with Gasteiger partial charge in [-0.05, 0) is 0 Å². The second-order valence-electron chi connectivity index (χ2n) is 2.07. The highest BCUT2D eigenvalue weighted by atomic mass is 16.6. The highest BCUT2D eigenvalue weighted by Gasteiger charge is 2.11. The maximum atomic E-state index is 4.97. The van der Waals surface area contributed by atoms with E-state index in [4.69, 9.17) is 14.3 Å². The summed E-state index contributed by atoms with van der Waals surface area (Å²) in [6.45, 7) is 0. The van der Waals surface area contributed by atoms with Gasteiger partial charge in [-0.3, -0.25) is 10.3 Å². The van der Waals surface area contributed by atoms with Gasteiger partial charge in [0.2, 0.25) is 11.8 Å². The van der Waals surface area contributed by atoms with Crippen LogP contribution in [-0.2, 0) is 4.84 Å². The van der Waals surface area contributed by atoms with Crippen LogP contribution in [0.5, 0.6) is 11.8 Å². The Morgan fingerprint density at radius 1 is 1.08 bits per heavy atom. The fourth-order valence-electron chi connectivity index (χ4n) is 0.853.